The minimum Gasteiger partial charge on any atom is -0.309 e. The predicted octanol–water partition coefficient (Wildman–Crippen LogP) is 14.5. The highest BCUT2D eigenvalue weighted by Gasteiger charge is 2.20. The van der Waals surface area contributed by atoms with E-state index in [-0.39, 0.29) is 0 Å². The van der Waals surface area contributed by atoms with Gasteiger partial charge in [-0.3, -0.25) is 0 Å². The molecule has 0 saturated heterocycles. The number of benzene rings is 9. The van der Waals surface area contributed by atoms with Crippen LogP contribution in [0.4, 0.5) is 0 Å². The molecule has 0 aliphatic rings. The van der Waals surface area contributed by atoms with Gasteiger partial charge in [0.15, 0.2) is 5.82 Å². The second-order valence-electron chi connectivity index (χ2n) is 15.4. The zero-order valence-electron chi connectivity index (χ0n) is 32.6. The molecule has 9 aromatic carbocycles. The average Bonchev–Trinajstić information content (AvgIpc) is 3.83. The van der Waals surface area contributed by atoms with Crippen molar-refractivity contribution >= 4 is 54.5 Å². The molecule has 0 amide bonds. The van der Waals surface area contributed by atoms with Crippen LogP contribution in [-0.2, 0) is 0 Å². The van der Waals surface area contributed by atoms with Crippen LogP contribution in [0.1, 0.15) is 0 Å². The fourth-order valence-electron chi connectivity index (χ4n) is 9.09. The molecule has 0 aliphatic carbocycles. The number of nitrogens with zero attached hydrogens (tertiary/aromatic N) is 4. The minimum atomic E-state index is 0.697. The summed E-state index contributed by atoms with van der Waals surface area (Å²) in [7, 11) is 0. The molecule has 3 heterocycles. The zero-order valence-corrected chi connectivity index (χ0v) is 32.6. The summed E-state index contributed by atoms with van der Waals surface area (Å²) < 4.78 is 4.81. The summed E-state index contributed by atoms with van der Waals surface area (Å²) in [5.41, 5.74) is 15.3. The van der Waals surface area contributed by atoms with Crippen molar-refractivity contribution in [3.8, 4) is 56.3 Å². The Morgan fingerprint density at radius 2 is 0.783 bits per heavy atom. The molecule has 12 rings (SSSR count). The summed E-state index contributed by atoms with van der Waals surface area (Å²) >= 11 is 0. The van der Waals surface area contributed by atoms with Gasteiger partial charge in [-0.25, -0.2) is 9.97 Å². The Hall–Kier alpha value is -8.08. The maximum absolute atomic E-state index is 5.41. The standard InChI is InChI=1S/C56H36N4/c1-4-15-37(16-5-1)39-27-29-40(30-28-39)56-57-50-32-31-44(34-49(50)55(58-56)42-20-14-19-41(33-42)38-17-6-2-7-18-38)60-52-26-13-11-24-46(52)48-35-47-45-23-10-12-25-51(45)59(53(47)36-54(48)60)43-21-8-3-9-22-43/h1-36H. The molecule has 280 valence electrons. The van der Waals surface area contributed by atoms with Crippen LogP contribution < -0.4 is 0 Å². The molecule has 4 nitrogen and oxygen atoms in total. The highest BCUT2D eigenvalue weighted by Crippen LogP contribution is 2.41. The van der Waals surface area contributed by atoms with Gasteiger partial charge in [0.05, 0.1) is 33.3 Å². The molecule has 0 atom stereocenters. The fourth-order valence-corrected chi connectivity index (χ4v) is 9.09. The van der Waals surface area contributed by atoms with Crippen LogP contribution in [0.25, 0.3) is 111 Å². The number of hydrogen-bond donors (Lipinski definition) is 0. The lowest BCUT2D eigenvalue weighted by Gasteiger charge is -2.14. The van der Waals surface area contributed by atoms with Gasteiger partial charge >= 0.3 is 0 Å². The van der Waals surface area contributed by atoms with Gasteiger partial charge in [-0.15, -0.1) is 0 Å². The van der Waals surface area contributed by atoms with E-state index in [9.17, 15) is 0 Å². The second-order valence-corrected chi connectivity index (χ2v) is 15.4. The van der Waals surface area contributed by atoms with Crippen LogP contribution in [0.15, 0.2) is 218 Å². The van der Waals surface area contributed by atoms with E-state index in [1.54, 1.807) is 0 Å². The Morgan fingerprint density at radius 3 is 1.45 bits per heavy atom. The smallest absolute Gasteiger partial charge is 0.160 e. The zero-order chi connectivity index (χ0) is 39.6. The van der Waals surface area contributed by atoms with Crippen molar-refractivity contribution < 1.29 is 0 Å². The van der Waals surface area contributed by atoms with Gasteiger partial charge in [-0.05, 0) is 82.9 Å². The Morgan fingerprint density at radius 1 is 0.267 bits per heavy atom. The van der Waals surface area contributed by atoms with Crippen molar-refractivity contribution in [1.29, 1.82) is 0 Å². The van der Waals surface area contributed by atoms with Crippen molar-refractivity contribution in [3.05, 3.63) is 218 Å². The van der Waals surface area contributed by atoms with E-state index in [4.69, 9.17) is 9.97 Å². The van der Waals surface area contributed by atoms with E-state index >= 15 is 0 Å². The Balaban J connectivity index is 1.10. The van der Waals surface area contributed by atoms with E-state index in [1.165, 1.54) is 43.7 Å². The second kappa shape index (κ2) is 13.8. The van der Waals surface area contributed by atoms with Crippen LogP contribution in [0.5, 0.6) is 0 Å². The van der Waals surface area contributed by atoms with Gasteiger partial charge < -0.3 is 9.13 Å². The van der Waals surface area contributed by atoms with Crippen molar-refractivity contribution in [1.82, 2.24) is 19.1 Å². The highest BCUT2D eigenvalue weighted by atomic mass is 15.0. The van der Waals surface area contributed by atoms with Crippen molar-refractivity contribution in [2.75, 3.05) is 0 Å². The average molecular weight is 765 g/mol. The van der Waals surface area contributed by atoms with Gasteiger partial charge in [0.1, 0.15) is 0 Å². The fraction of sp³-hybridized carbons (Fsp3) is 0. The van der Waals surface area contributed by atoms with E-state index in [0.717, 1.165) is 61.3 Å². The Labute approximate surface area is 346 Å². The van der Waals surface area contributed by atoms with E-state index in [2.05, 4.69) is 221 Å². The van der Waals surface area contributed by atoms with Crippen molar-refractivity contribution in [2.45, 2.75) is 0 Å². The molecular formula is C56H36N4. The molecule has 0 unspecified atom stereocenters. The summed E-state index contributed by atoms with van der Waals surface area (Å²) in [5, 5.41) is 5.91. The van der Waals surface area contributed by atoms with Gasteiger partial charge in [0.2, 0.25) is 0 Å². The van der Waals surface area contributed by atoms with Gasteiger partial charge in [0.25, 0.3) is 0 Å². The number of rotatable bonds is 6. The summed E-state index contributed by atoms with van der Waals surface area (Å²) in [6.45, 7) is 0. The lowest BCUT2D eigenvalue weighted by atomic mass is 9.99. The van der Waals surface area contributed by atoms with E-state index in [1.807, 2.05) is 6.07 Å². The first-order valence-electron chi connectivity index (χ1n) is 20.4. The van der Waals surface area contributed by atoms with Gasteiger partial charge in [0, 0.05) is 49.4 Å². The van der Waals surface area contributed by atoms with Crippen LogP contribution in [-0.4, -0.2) is 19.1 Å². The Kier molecular flexibility index (Phi) is 7.82. The lowest BCUT2D eigenvalue weighted by Crippen LogP contribution is -1.99. The quantitative estimate of drug-likeness (QED) is 0.169. The molecule has 0 radical (unpaired) electrons. The molecule has 0 bridgehead atoms. The summed E-state index contributed by atoms with van der Waals surface area (Å²) in [4.78, 5) is 10.7. The highest BCUT2D eigenvalue weighted by molar-refractivity contribution is 6.19. The molecule has 3 aromatic heterocycles. The lowest BCUT2D eigenvalue weighted by molar-refractivity contribution is 1.16. The third-order valence-corrected chi connectivity index (χ3v) is 11.9. The predicted molar refractivity (Wildman–Crippen MR) is 250 cm³/mol. The number of para-hydroxylation sites is 3. The number of hydrogen-bond acceptors (Lipinski definition) is 2. The van der Waals surface area contributed by atoms with Crippen molar-refractivity contribution in [2.24, 2.45) is 0 Å². The molecule has 0 saturated carbocycles. The molecule has 0 aliphatic heterocycles. The maximum Gasteiger partial charge on any atom is 0.160 e. The maximum atomic E-state index is 5.41. The normalized spacial score (nSPS) is 11.7. The summed E-state index contributed by atoms with van der Waals surface area (Å²) in [6, 6.07) is 77.9. The summed E-state index contributed by atoms with van der Waals surface area (Å²) in [6.07, 6.45) is 0. The monoisotopic (exact) mass is 764 g/mol. The summed E-state index contributed by atoms with van der Waals surface area (Å²) in [5.74, 6) is 0.697. The third kappa shape index (κ3) is 5.53. The minimum absolute atomic E-state index is 0.697. The van der Waals surface area contributed by atoms with Crippen molar-refractivity contribution in [3.63, 3.8) is 0 Å². The first-order valence-corrected chi connectivity index (χ1v) is 20.4. The SMILES string of the molecule is c1ccc(-c2ccc(-c3nc(-c4cccc(-c5ccccc5)c4)c4cc(-n5c6ccccc6c6cc7c8ccccc8n(-c8ccccc8)c7cc65)ccc4n3)cc2)cc1. The van der Waals surface area contributed by atoms with Gasteiger partial charge in [-0.1, -0.05) is 158 Å². The molecule has 0 spiro atoms. The topological polar surface area (TPSA) is 35.6 Å². The third-order valence-electron chi connectivity index (χ3n) is 11.9. The Bertz CT molecular complexity index is 3570. The molecule has 60 heavy (non-hydrogen) atoms. The molecular weight excluding hydrogens is 729 g/mol. The first-order chi connectivity index (χ1) is 29.7. The van der Waals surface area contributed by atoms with Gasteiger partial charge in [-0.2, -0.15) is 0 Å². The molecule has 12 aromatic rings. The number of fused-ring (bicyclic) bond motifs is 7. The van der Waals surface area contributed by atoms with Crippen LogP contribution in [0.2, 0.25) is 0 Å². The molecule has 0 N–H and O–H groups in total. The van der Waals surface area contributed by atoms with Crippen LogP contribution in [0.3, 0.4) is 0 Å². The van der Waals surface area contributed by atoms with Crippen LogP contribution >= 0.6 is 0 Å². The van der Waals surface area contributed by atoms with Crippen LogP contribution in [0, 0.1) is 0 Å². The largest absolute Gasteiger partial charge is 0.309 e. The molecule has 0 fully saturated rings. The van der Waals surface area contributed by atoms with E-state index in [0.29, 0.717) is 5.82 Å². The molecule has 4 heteroatoms. The van der Waals surface area contributed by atoms with E-state index < -0.39 is 0 Å². The first kappa shape index (κ1) is 34.0. The number of aromatic nitrogens is 4.